The Kier molecular flexibility index (Phi) is 6.14. The summed E-state index contributed by atoms with van der Waals surface area (Å²) in [6.07, 6.45) is 5.41. The Bertz CT molecular complexity index is 612. The summed E-state index contributed by atoms with van der Waals surface area (Å²) in [5, 5.41) is 7.38. The minimum atomic E-state index is -0.211. The normalized spacial score (nSPS) is 20.4. The summed E-state index contributed by atoms with van der Waals surface area (Å²) >= 11 is 0. The summed E-state index contributed by atoms with van der Waals surface area (Å²) < 4.78 is 20.7. The van der Waals surface area contributed by atoms with Crippen LogP contribution in [0.4, 0.5) is 4.39 Å². The van der Waals surface area contributed by atoms with Crippen LogP contribution in [0.15, 0.2) is 18.2 Å². The second-order valence-electron chi connectivity index (χ2n) is 6.69. The fourth-order valence-electron chi connectivity index (χ4n) is 3.52. The predicted octanol–water partition coefficient (Wildman–Crippen LogP) is 1.03. The van der Waals surface area contributed by atoms with E-state index < -0.39 is 0 Å². The number of ether oxygens (including phenoxy) is 1. The van der Waals surface area contributed by atoms with E-state index in [1.54, 1.807) is 15.7 Å². The van der Waals surface area contributed by atoms with Crippen LogP contribution in [0.25, 0.3) is 0 Å². The van der Waals surface area contributed by atoms with Gasteiger partial charge < -0.3 is 15.0 Å². The summed E-state index contributed by atoms with van der Waals surface area (Å²) in [5.74, 6) is 0.758. The molecule has 138 valence electrons. The molecule has 0 spiro atoms. The molecule has 1 aromatic rings. The Balaban J connectivity index is 1.63. The van der Waals surface area contributed by atoms with E-state index in [0.717, 1.165) is 18.7 Å². The van der Waals surface area contributed by atoms with E-state index in [1.165, 1.54) is 6.33 Å². The minimum absolute atomic E-state index is 0.0422. The van der Waals surface area contributed by atoms with E-state index in [2.05, 4.69) is 15.4 Å². The third-order valence-electron chi connectivity index (χ3n) is 5.02. The molecule has 25 heavy (non-hydrogen) atoms. The highest BCUT2D eigenvalue weighted by atomic mass is 19.1. The van der Waals surface area contributed by atoms with Crippen molar-refractivity contribution in [3.8, 4) is 0 Å². The van der Waals surface area contributed by atoms with E-state index >= 15 is 0 Å². The zero-order chi connectivity index (χ0) is 17.6. The summed E-state index contributed by atoms with van der Waals surface area (Å²) in [7, 11) is 1.84. The van der Waals surface area contributed by atoms with Crippen molar-refractivity contribution in [2.45, 2.75) is 25.8 Å². The summed E-state index contributed by atoms with van der Waals surface area (Å²) in [5.41, 5.74) is 0. The number of hydrogen-bond donors (Lipinski definition) is 1. The van der Waals surface area contributed by atoms with Crippen molar-refractivity contribution in [1.29, 1.82) is 0 Å². The Morgan fingerprint density at radius 1 is 1.48 bits per heavy atom. The molecule has 0 saturated carbocycles. The third kappa shape index (κ3) is 4.64. The van der Waals surface area contributed by atoms with Gasteiger partial charge in [-0.05, 0) is 31.3 Å². The number of rotatable bonds is 6. The van der Waals surface area contributed by atoms with Gasteiger partial charge in [-0.25, -0.2) is 9.37 Å². The summed E-state index contributed by atoms with van der Waals surface area (Å²) in [6.45, 7) is 3.17. The zero-order valence-electron chi connectivity index (χ0n) is 14.7. The standard InChI is InChI=1S/C17H26FN5O2/c1-22-16(20-12-21-22)10-19-9-15(13-4-7-25-8-5-13)17(24)23-6-2-3-14(18)11-23/h3,12-13,15,19H,2,4-11H2,1H3. The monoisotopic (exact) mass is 351 g/mol. The molecular weight excluding hydrogens is 325 g/mol. The molecule has 1 N–H and O–H groups in total. The molecule has 0 aromatic carbocycles. The smallest absolute Gasteiger partial charge is 0.227 e. The lowest BCUT2D eigenvalue weighted by molar-refractivity contribution is -0.138. The van der Waals surface area contributed by atoms with Crippen LogP contribution < -0.4 is 5.32 Å². The number of nitrogens with one attached hydrogen (secondary N) is 1. The van der Waals surface area contributed by atoms with Crippen molar-refractivity contribution in [1.82, 2.24) is 25.0 Å². The lowest BCUT2D eigenvalue weighted by Gasteiger charge is -2.34. The van der Waals surface area contributed by atoms with Crippen LogP contribution in [0.2, 0.25) is 0 Å². The highest BCUT2D eigenvalue weighted by Gasteiger charge is 2.33. The number of halogens is 1. The molecule has 2 aliphatic rings. The third-order valence-corrected chi connectivity index (χ3v) is 5.02. The van der Waals surface area contributed by atoms with E-state index in [1.807, 2.05) is 7.05 Å². The first-order chi connectivity index (χ1) is 12.1. The van der Waals surface area contributed by atoms with Gasteiger partial charge in [-0.2, -0.15) is 5.10 Å². The van der Waals surface area contributed by atoms with Crippen LogP contribution in [0.1, 0.15) is 25.1 Å². The van der Waals surface area contributed by atoms with Crippen molar-refractivity contribution < 1.29 is 13.9 Å². The minimum Gasteiger partial charge on any atom is -0.381 e. The zero-order valence-corrected chi connectivity index (χ0v) is 14.7. The van der Waals surface area contributed by atoms with E-state index in [9.17, 15) is 9.18 Å². The highest BCUT2D eigenvalue weighted by Crippen LogP contribution is 2.26. The SMILES string of the molecule is Cn1ncnc1CNCC(C(=O)N1CCC=C(F)C1)C1CCOCC1. The number of amides is 1. The van der Waals surface area contributed by atoms with Gasteiger partial charge in [-0.15, -0.1) is 0 Å². The van der Waals surface area contributed by atoms with Gasteiger partial charge in [-0.3, -0.25) is 9.48 Å². The molecule has 2 aliphatic heterocycles. The van der Waals surface area contributed by atoms with Gasteiger partial charge in [0, 0.05) is 33.4 Å². The average molecular weight is 351 g/mol. The van der Waals surface area contributed by atoms with Gasteiger partial charge in [0.25, 0.3) is 0 Å². The Hall–Kier alpha value is -1.80. The number of nitrogens with zero attached hydrogens (tertiary/aromatic N) is 4. The van der Waals surface area contributed by atoms with Gasteiger partial charge in [0.15, 0.2) is 0 Å². The molecule has 1 aromatic heterocycles. The molecule has 0 aliphatic carbocycles. The molecular formula is C17H26FN5O2. The van der Waals surface area contributed by atoms with Gasteiger partial charge in [0.1, 0.15) is 18.0 Å². The van der Waals surface area contributed by atoms with Crippen molar-refractivity contribution in [3.63, 3.8) is 0 Å². The number of carbonyl (C=O) groups excluding carboxylic acids is 1. The van der Waals surface area contributed by atoms with Gasteiger partial charge in [-0.1, -0.05) is 0 Å². The van der Waals surface area contributed by atoms with Crippen molar-refractivity contribution in [3.05, 3.63) is 24.1 Å². The average Bonchev–Trinajstić information content (AvgIpc) is 3.04. The Labute approximate surface area is 147 Å². The van der Waals surface area contributed by atoms with Crippen LogP contribution in [-0.2, 0) is 23.1 Å². The quantitative estimate of drug-likeness (QED) is 0.829. The number of carbonyl (C=O) groups is 1. The first kappa shape index (κ1) is 18.0. The predicted molar refractivity (Wildman–Crippen MR) is 90.1 cm³/mol. The Morgan fingerprint density at radius 3 is 2.96 bits per heavy atom. The van der Waals surface area contributed by atoms with Crippen molar-refractivity contribution >= 4 is 5.91 Å². The van der Waals surface area contributed by atoms with Gasteiger partial charge in [0.2, 0.25) is 5.91 Å². The van der Waals surface area contributed by atoms with Crippen LogP contribution in [0.3, 0.4) is 0 Å². The molecule has 3 rings (SSSR count). The van der Waals surface area contributed by atoms with Gasteiger partial charge >= 0.3 is 0 Å². The molecule has 3 heterocycles. The number of hydrogen-bond acceptors (Lipinski definition) is 5. The molecule has 7 nitrogen and oxygen atoms in total. The van der Waals surface area contributed by atoms with E-state index in [4.69, 9.17) is 4.74 Å². The molecule has 1 fully saturated rings. The number of aromatic nitrogens is 3. The van der Waals surface area contributed by atoms with E-state index in [0.29, 0.717) is 39.3 Å². The summed E-state index contributed by atoms with van der Waals surface area (Å²) in [6, 6.07) is 0. The lowest BCUT2D eigenvalue weighted by Crippen LogP contribution is -2.46. The molecule has 1 saturated heterocycles. The fourth-order valence-corrected chi connectivity index (χ4v) is 3.52. The molecule has 0 bridgehead atoms. The largest absolute Gasteiger partial charge is 0.381 e. The second-order valence-corrected chi connectivity index (χ2v) is 6.69. The van der Waals surface area contributed by atoms with Crippen LogP contribution in [-0.4, -0.2) is 58.4 Å². The first-order valence-electron chi connectivity index (χ1n) is 8.90. The molecule has 8 heteroatoms. The maximum atomic E-state index is 13.6. The lowest BCUT2D eigenvalue weighted by atomic mass is 9.84. The maximum absolute atomic E-state index is 13.6. The summed E-state index contributed by atoms with van der Waals surface area (Å²) in [4.78, 5) is 18.9. The molecule has 1 unspecified atom stereocenters. The van der Waals surface area contributed by atoms with Gasteiger partial charge in [0.05, 0.1) is 19.0 Å². The fraction of sp³-hybridized carbons (Fsp3) is 0.706. The first-order valence-corrected chi connectivity index (χ1v) is 8.90. The molecule has 1 atom stereocenters. The van der Waals surface area contributed by atoms with Crippen LogP contribution in [0.5, 0.6) is 0 Å². The Morgan fingerprint density at radius 2 is 2.28 bits per heavy atom. The van der Waals surface area contributed by atoms with E-state index in [-0.39, 0.29) is 30.1 Å². The van der Waals surface area contributed by atoms with Crippen molar-refractivity contribution in [2.24, 2.45) is 18.9 Å². The van der Waals surface area contributed by atoms with Crippen LogP contribution in [0, 0.1) is 11.8 Å². The second kappa shape index (κ2) is 8.53. The highest BCUT2D eigenvalue weighted by molar-refractivity contribution is 5.79. The van der Waals surface area contributed by atoms with Crippen LogP contribution >= 0.6 is 0 Å². The number of aryl methyl sites for hydroxylation is 1. The topological polar surface area (TPSA) is 72.3 Å². The molecule has 0 radical (unpaired) electrons. The van der Waals surface area contributed by atoms with Crippen molar-refractivity contribution in [2.75, 3.05) is 32.8 Å². The maximum Gasteiger partial charge on any atom is 0.227 e. The molecule has 1 amide bonds.